The van der Waals surface area contributed by atoms with Crippen LogP contribution in [0.3, 0.4) is 0 Å². The third-order valence-corrected chi connectivity index (χ3v) is 2.69. The first-order valence-electron chi connectivity index (χ1n) is 5.41. The number of aryl methyl sites for hydroxylation is 1. The Labute approximate surface area is 114 Å². The molecule has 0 aliphatic heterocycles. The van der Waals surface area contributed by atoms with Gasteiger partial charge in [-0.3, -0.25) is 0 Å². The number of nitrogen functional groups attached to an aromatic ring is 1. The van der Waals surface area contributed by atoms with E-state index in [9.17, 15) is 4.39 Å². The van der Waals surface area contributed by atoms with E-state index >= 15 is 0 Å². The number of rotatable bonds is 3. The van der Waals surface area contributed by atoms with Gasteiger partial charge in [0.25, 0.3) is 0 Å². The van der Waals surface area contributed by atoms with Crippen molar-refractivity contribution in [3.63, 3.8) is 0 Å². The van der Waals surface area contributed by atoms with Crippen LogP contribution >= 0.6 is 11.6 Å². The van der Waals surface area contributed by atoms with Crippen LogP contribution in [0.1, 0.15) is 5.69 Å². The summed E-state index contributed by atoms with van der Waals surface area (Å²) < 4.78 is 18.2. The molecule has 0 aliphatic rings. The number of hydrogen-bond acceptors (Lipinski definition) is 5. The van der Waals surface area contributed by atoms with Crippen LogP contribution in [0.25, 0.3) is 0 Å². The Hall–Kier alpha value is -2.08. The van der Waals surface area contributed by atoms with Gasteiger partial charge in [0, 0.05) is 11.8 Å². The summed E-state index contributed by atoms with van der Waals surface area (Å²) >= 11 is 5.77. The highest BCUT2D eigenvalue weighted by Gasteiger charge is 2.09. The van der Waals surface area contributed by atoms with Crippen LogP contribution in [-0.2, 0) is 0 Å². The summed E-state index contributed by atoms with van der Waals surface area (Å²) in [6.07, 6.45) is 0. The Morgan fingerprint density at radius 1 is 1.37 bits per heavy atom. The van der Waals surface area contributed by atoms with Gasteiger partial charge in [-0.2, -0.15) is 4.98 Å². The van der Waals surface area contributed by atoms with Crippen LogP contribution in [0, 0.1) is 12.7 Å². The smallest absolute Gasteiger partial charge is 0.224 e. The van der Waals surface area contributed by atoms with Crippen molar-refractivity contribution in [3.05, 3.63) is 35.0 Å². The quantitative estimate of drug-likeness (QED) is 0.847. The summed E-state index contributed by atoms with van der Waals surface area (Å²) in [5.41, 5.74) is 7.38. The van der Waals surface area contributed by atoms with Crippen molar-refractivity contribution in [2.75, 3.05) is 18.2 Å². The van der Waals surface area contributed by atoms with Gasteiger partial charge in [-0.1, -0.05) is 0 Å². The highest BCUT2D eigenvalue weighted by molar-refractivity contribution is 6.28. The molecule has 0 fully saturated rings. The van der Waals surface area contributed by atoms with Gasteiger partial charge in [-0.05, 0) is 30.7 Å². The lowest BCUT2D eigenvalue weighted by Gasteiger charge is -2.11. The average molecular weight is 283 g/mol. The molecule has 0 spiro atoms. The fourth-order valence-corrected chi connectivity index (χ4v) is 1.73. The lowest BCUT2D eigenvalue weighted by atomic mass is 10.2. The molecular formula is C12H12ClFN4O. The van der Waals surface area contributed by atoms with Gasteiger partial charge in [0.05, 0.1) is 18.5 Å². The van der Waals surface area contributed by atoms with E-state index in [0.717, 1.165) is 0 Å². The van der Waals surface area contributed by atoms with Crippen LogP contribution in [0.5, 0.6) is 5.75 Å². The minimum atomic E-state index is -0.446. The minimum Gasteiger partial charge on any atom is -0.494 e. The molecule has 0 saturated heterocycles. The molecule has 1 heterocycles. The maximum absolute atomic E-state index is 13.3. The van der Waals surface area contributed by atoms with Crippen LogP contribution in [0.4, 0.5) is 21.6 Å². The van der Waals surface area contributed by atoms with Gasteiger partial charge in [-0.25, -0.2) is 9.37 Å². The normalized spacial score (nSPS) is 10.3. The van der Waals surface area contributed by atoms with Gasteiger partial charge < -0.3 is 15.8 Å². The largest absolute Gasteiger partial charge is 0.494 e. The predicted molar refractivity (Wildman–Crippen MR) is 72.4 cm³/mol. The van der Waals surface area contributed by atoms with Crippen LogP contribution < -0.4 is 15.8 Å². The molecule has 0 saturated carbocycles. The first-order chi connectivity index (χ1) is 9.01. The molecule has 0 unspecified atom stereocenters. The van der Waals surface area contributed by atoms with Crippen LogP contribution in [-0.4, -0.2) is 17.1 Å². The molecule has 100 valence electrons. The van der Waals surface area contributed by atoms with E-state index in [2.05, 4.69) is 15.3 Å². The summed E-state index contributed by atoms with van der Waals surface area (Å²) in [5, 5.41) is 3.03. The molecule has 0 aliphatic carbocycles. The standard InChI is InChI=1S/C12H12ClFN4O/c1-6-10(15)11(18-12(13)16-6)17-7-3-4-8(14)9(5-7)19-2/h3-5H,15H2,1-2H3,(H,16,17,18). The number of methoxy groups -OCH3 is 1. The molecule has 3 N–H and O–H groups in total. The van der Waals surface area contributed by atoms with E-state index in [-0.39, 0.29) is 11.0 Å². The van der Waals surface area contributed by atoms with E-state index in [1.54, 1.807) is 13.0 Å². The minimum absolute atomic E-state index is 0.0864. The fourth-order valence-electron chi connectivity index (χ4n) is 1.52. The molecule has 1 aromatic heterocycles. The second kappa shape index (κ2) is 5.27. The zero-order valence-electron chi connectivity index (χ0n) is 10.4. The summed E-state index contributed by atoms with van der Waals surface area (Å²) in [7, 11) is 1.39. The number of nitrogens with one attached hydrogen (secondary N) is 1. The van der Waals surface area contributed by atoms with Gasteiger partial charge in [0.1, 0.15) is 0 Å². The van der Waals surface area contributed by atoms with Gasteiger partial charge >= 0.3 is 0 Å². The molecule has 0 atom stereocenters. The van der Waals surface area contributed by atoms with E-state index in [1.165, 1.54) is 19.2 Å². The van der Waals surface area contributed by atoms with E-state index in [1.807, 2.05) is 0 Å². The maximum atomic E-state index is 13.3. The molecular weight excluding hydrogens is 271 g/mol. The number of aromatic nitrogens is 2. The van der Waals surface area contributed by atoms with Crippen molar-refractivity contribution in [1.82, 2.24) is 9.97 Å². The summed E-state index contributed by atoms with van der Waals surface area (Å²) in [6.45, 7) is 1.72. The summed E-state index contributed by atoms with van der Waals surface area (Å²) in [6, 6.07) is 4.33. The number of nitrogens with two attached hydrogens (primary N) is 1. The monoisotopic (exact) mass is 282 g/mol. The first kappa shape index (κ1) is 13.4. The molecule has 2 aromatic rings. The van der Waals surface area contributed by atoms with Crippen LogP contribution in [0.15, 0.2) is 18.2 Å². The van der Waals surface area contributed by atoms with E-state index < -0.39 is 5.82 Å². The van der Waals surface area contributed by atoms with Gasteiger partial charge in [0.15, 0.2) is 17.4 Å². The Morgan fingerprint density at radius 3 is 2.79 bits per heavy atom. The highest BCUT2D eigenvalue weighted by Crippen LogP contribution is 2.27. The number of ether oxygens (including phenoxy) is 1. The van der Waals surface area contributed by atoms with Crippen molar-refractivity contribution >= 4 is 28.8 Å². The van der Waals surface area contributed by atoms with Crippen molar-refractivity contribution in [1.29, 1.82) is 0 Å². The SMILES string of the molecule is COc1cc(Nc2nc(Cl)nc(C)c2N)ccc1F. The van der Waals surface area contributed by atoms with E-state index in [0.29, 0.717) is 22.9 Å². The Kier molecular flexibility index (Phi) is 3.71. The van der Waals surface area contributed by atoms with Crippen molar-refractivity contribution < 1.29 is 9.13 Å². The predicted octanol–water partition coefficient (Wildman–Crippen LogP) is 2.91. The van der Waals surface area contributed by atoms with Crippen molar-refractivity contribution in [2.24, 2.45) is 0 Å². The first-order valence-corrected chi connectivity index (χ1v) is 5.79. The zero-order valence-corrected chi connectivity index (χ0v) is 11.1. The number of hydrogen-bond donors (Lipinski definition) is 2. The Morgan fingerprint density at radius 2 is 2.11 bits per heavy atom. The molecule has 2 rings (SSSR count). The molecule has 0 bridgehead atoms. The van der Waals surface area contributed by atoms with Crippen LogP contribution in [0.2, 0.25) is 5.28 Å². The molecule has 5 nitrogen and oxygen atoms in total. The second-order valence-electron chi connectivity index (χ2n) is 3.81. The number of halogens is 2. The zero-order chi connectivity index (χ0) is 14.0. The summed E-state index contributed by atoms with van der Waals surface area (Å²) in [4.78, 5) is 7.92. The topological polar surface area (TPSA) is 73.1 Å². The lowest BCUT2D eigenvalue weighted by Crippen LogP contribution is -2.04. The lowest BCUT2D eigenvalue weighted by molar-refractivity contribution is 0.387. The third-order valence-electron chi connectivity index (χ3n) is 2.52. The maximum Gasteiger partial charge on any atom is 0.224 e. The number of nitrogens with zero attached hydrogens (tertiary/aromatic N) is 2. The summed E-state index contributed by atoms with van der Waals surface area (Å²) in [5.74, 6) is 0.0459. The highest BCUT2D eigenvalue weighted by atomic mass is 35.5. The third kappa shape index (κ3) is 2.85. The molecule has 19 heavy (non-hydrogen) atoms. The van der Waals surface area contributed by atoms with E-state index in [4.69, 9.17) is 22.1 Å². The Balaban J connectivity index is 2.36. The van der Waals surface area contributed by atoms with Gasteiger partial charge in [-0.15, -0.1) is 0 Å². The van der Waals surface area contributed by atoms with Gasteiger partial charge in [0.2, 0.25) is 5.28 Å². The number of benzene rings is 1. The molecule has 0 amide bonds. The van der Waals surface area contributed by atoms with Crippen molar-refractivity contribution in [2.45, 2.75) is 6.92 Å². The molecule has 7 heteroatoms. The Bertz CT molecular complexity index is 621. The molecule has 0 radical (unpaired) electrons. The second-order valence-corrected chi connectivity index (χ2v) is 4.15. The number of anilines is 3. The average Bonchev–Trinajstić information content (AvgIpc) is 2.37. The van der Waals surface area contributed by atoms with Crippen molar-refractivity contribution in [3.8, 4) is 5.75 Å². The fraction of sp³-hybridized carbons (Fsp3) is 0.167. The molecule has 1 aromatic carbocycles.